The van der Waals surface area contributed by atoms with Crippen LogP contribution < -0.4 is 4.90 Å². The molecule has 0 saturated carbocycles. The highest BCUT2D eigenvalue weighted by atomic mass is 35.5. The van der Waals surface area contributed by atoms with Crippen molar-refractivity contribution in [3.63, 3.8) is 0 Å². The van der Waals surface area contributed by atoms with Crippen LogP contribution in [0.1, 0.15) is 13.3 Å². The molecule has 19 heavy (non-hydrogen) atoms. The first-order valence-corrected chi connectivity index (χ1v) is 5.60. The average Bonchev–Trinajstić information content (AvgIpc) is 2.25. The highest BCUT2D eigenvalue weighted by molar-refractivity contribution is 6.31. The lowest BCUT2D eigenvalue weighted by atomic mass is 10.3. The molecule has 0 unspecified atom stereocenters. The molecule has 0 spiro atoms. The van der Waals surface area contributed by atoms with Crippen molar-refractivity contribution >= 4 is 23.1 Å². The third-order valence-electron chi connectivity index (χ3n) is 2.10. The van der Waals surface area contributed by atoms with Gasteiger partial charge in [0.15, 0.2) is 0 Å². The summed E-state index contributed by atoms with van der Waals surface area (Å²) in [6.07, 6.45) is -3.24. The monoisotopic (exact) mass is 298 g/mol. The van der Waals surface area contributed by atoms with Gasteiger partial charge in [-0.2, -0.15) is 13.2 Å². The minimum atomic E-state index is -4.50. The third-order valence-corrected chi connectivity index (χ3v) is 2.38. The normalized spacial score (nSPS) is 11.4. The molecule has 106 valence electrons. The molecule has 1 aromatic heterocycles. The van der Waals surface area contributed by atoms with E-state index in [1.165, 1.54) is 0 Å². The van der Waals surface area contributed by atoms with E-state index < -0.39 is 34.3 Å². The fraction of sp³-hybridized carbons (Fsp3) is 0.556. The quantitative estimate of drug-likeness (QED) is 0.475. The molecule has 0 aliphatic rings. The zero-order valence-corrected chi connectivity index (χ0v) is 10.6. The molecule has 0 aliphatic carbocycles. The van der Waals surface area contributed by atoms with Crippen LogP contribution in [0.25, 0.3) is 0 Å². The molecular weight excluding hydrogens is 289 g/mol. The number of alkyl halides is 3. The Bertz CT molecular complexity index is 469. The van der Waals surface area contributed by atoms with Gasteiger partial charge in [0.1, 0.15) is 12.9 Å². The molecular formula is C9H10ClF3N4O2. The molecule has 0 bridgehead atoms. The number of hydrogen-bond acceptors (Lipinski definition) is 5. The maximum absolute atomic E-state index is 12.5. The minimum Gasteiger partial charge on any atom is -0.342 e. The number of aromatic nitrogens is 2. The zero-order chi connectivity index (χ0) is 14.6. The Morgan fingerprint density at radius 3 is 2.58 bits per heavy atom. The van der Waals surface area contributed by atoms with Crippen LogP contribution in [0.5, 0.6) is 0 Å². The van der Waals surface area contributed by atoms with E-state index in [1.54, 1.807) is 6.92 Å². The molecule has 10 heteroatoms. The molecule has 1 heterocycles. The summed E-state index contributed by atoms with van der Waals surface area (Å²) in [5, 5.41) is 10.4. The smallest absolute Gasteiger partial charge is 0.342 e. The van der Waals surface area contributed by atoms with Crippen molar-refractivity contribution < 1.29 is 18.1 Å². The molecule has 0 fully saturated rings. The minimum absolute atomic E-state index is 0.0340. The first kappa shape index (κ1) is 15.4. The van der Waals surface area contributed by atoms with Crippen LogP contribution in [0.2, 0.25) is 5.15 Å². The Kier molecular flexibility index (Phi) is 4.87. The van der Waals surface area contributed by atoms with Crippen molar-refractivity contribution in [2.45, 2.75) is 19.5 Å². The van der Waals surface area contributed by atoms with E-state index in [0.717, 1.165) is 11.2 Å². The van der Waals surface area contributed by atoms with Gasteiger partial charge in [0, 0.05) is 6.54 Å². The van der Waals surface area contributed by atoms with Crippen LogP contribution in [-0.4, -0.2) is 34.2 Å². The molecule has 0 amide bonds. The molecule has 0 saturated heterocycles. The molecule has 1 aromatic rings. The summed E-state index contributed by atoms with van der Waals surface area (Å²) in [7, 11) is 0. The van der Waals surface area contributed by atoms with E-state index >= 15 is 0 Å². The van der Waals surface area contributed by atoms with E-state index in [2.05, 4.69) is 9.97 Å². The molecule has 0 radical (unpaired) electrons. The van der Waals surface area contributed by atoms with Crippen LogP contribution in [-0.2, 0) is 0 Å². The van der Waals surface area contributed by atoms with Gasteiger partial charge in [0.25, 0.3) is 0 Å². The summed E-state index contributed by atoms with van der Waals surface area (Å²) in [6, 6.07) is 0. The Hall–Kier alpha value is -1.64. The van der Waals surface area contributed by atoms with Crippen molar-refractivity contribution in [2.75, 3.05) is 18.0 Å². The lowest BCUT2D eigenvalue weighted by Gasteiger charge is -2.23. The summed E-state index contributed by atoms with van der Waals surface area (Å²) >= 11 is 5.54. The highest BCUT2D eigenvalue weighted by Gasteiger charge is 2.35. The average molecular weight is 299 g/mol. The van der Waals surface area contributed by atoms with Crippen LogP contribution in [0.3, 0.4) is 0 Å². The van der Waals surface area contributed by atoms with Crippen molar-refractivity contribution in [3.05, 3.63) is 21.6 Å². The van der Waals surface area contributed by atoms with E-state index in [9.17, 15) is 23.3 Å². The van der Waals surface area contributed by atoms with Crippen molar-refractivity contribution in [1.29, 1.82) is 0 Å². The van der Waals surface area contributed by atoms with Crippen molar-refractivity contribution in [1.82, 2.24) is 9.97 Å². The fourth-order valence-electron chi connectivity index (χ4n) is 1.48. The molecule has 6 nitrogen and oxygen atoms in total. The van der Waals surface area contributed by atoms with Gasteiger partial charge < -0.3 is 4.90 Å². The maximum atomic E-state index is 12.5. The second kappa shape index (κ2) is 6.00. The van der Waals surface area contributed by atoms with Gasteiger partial charge >= 0.3 is 11.9 Å². The Balaban J connectivity index is 3.22. The SMILES string of the molecule is CCCN(CC(F)(F)F)c1ncnc(Cl)c1[N+](=O)[O-]. The van der Waals surface area contributed by atoms with E-state index in [0.29, 0.717) is 6.42 Å². The molecule has 0 atom stereocenters. The number of halogens is 4. The Morgan fingerprint density at radius 2 is 2.11 bits per heavy atom. The predicted octanol–water partition coefficient (Wildman–Crippen LogP) is 2.82. The molecule has 0 aliphatic heterocycles. The molecule has 1 rings (SSSR count). The Labute approximate surface area is 111 Å². The summed E-state index contributed by atoms with van der Waals surface area (Å²) in [5.41, 5.74) is -0.720. The van der Waals surface area contributed by atoms with Crippen molar-refractivity contribution in [3.8, 4) is 0 Å². The van der Waals surface area contributed by atoms with E-state index in [4.69, 9.17) is 11.6 Å². The van der Waals surface area contributed by atoms with Crippen molar-refractivity contribution in [2.24, 2.45) is 0 Å². The summed E-state index contributed by atoms with van der Waals surface area (Å²) in [5.74, 6) is -0.427. The van der Waals surface area contributed by atoms with Gasteiger partial charge in [-0.15, -0.1) is 0 Å². The zero-order valence-electron chi connectivity index (χ0n) is 9.82. The van der Waals surface area contributed by atoms with Gasteiger partial charge in [-0.25, -0.2) is 9.97 Å². The number of hydrogen-bond donors (Lipinski definition) is 0. The second-order valence-electron chi connectivity index (χ2n) is 3.63. The Morgan fingerprint density at radius 1 is 1.47 bits per heavy atom. The predicted molar refractivity (Wildman–Crippen MR) is 62.3 cm³/mol. The topological polar surface area (TPSA) is 72.2 Å². The maximum Gasteiger partial charge on any atom is 0.405 e. The van der Waals surface area contributed by atoms with Crippen LogP contribution in [0, 0.1) is 10.1 Å². The van der Waals surface area contributed by atoms with Gasteiger partial charge in [0.2, 0.25) is 11.0 Å². The molecule has 0 aromatic carbocycles. The van der Waals surface area contributed by atoms with Crippen LogP contribution in [0.4, 0.5) is 24.7 Å². The number of nitrogens with zero attached hydrogens (tertiary/aromatic N) is 4. The summed E-state index contributed by atoms with van der Waals surface area (Å²) in [6.45, 7) is 0.278. The first-order valence-electron chi connectivity index (χ1n) is 5.23. The van der Waals surface area contributed by atoms with Gasteiger partial charge in [-0.1, -0.05) is 18.5 Å². The van der Waals surface area contributed by atoms with Gasteiger partial charge in [-0.3, -0.25) is 10.1 Å². The summed E-state index contributed by atoms with van der Waals surface area (Å²) in [4.78, 5) is 17.7. The summed E-state index contributed by atoms with van der Waals surface area (Å²) < 4.78 is 37.4. The number of nitro groups is 1. The standard InChI is InChI=1S/C9H10ClF3N4O2/c1-2-3-16(4-9(11,12)13)8-6(17(18)19)7(10)14-5-15-8/h5H,2-4H2,1H3. The van der Waals surface area contributed by atoms with Gasteiger partial charge in [0.05, 0.1) is 4.92 Å². The molecule has 0 N–H and O–H groups in total. The van der Waals surface area contributed by atoms with Gasteiger partial charge in [-0.05, 0) is 6.42 Å². The van der Waals surface area contributed by atoms with E-state index in [1.807, 2.05) is 0 Å². The number of anilines is 1. The van der Waals surface area contributed by atoms with Crippen LogP contribution >= 0.6 is 11.6 Å². The second-order valence-corrected chi connectivity index (χ2v) is 3.99. The lowest BCUT2D eigenvalue weighted by molar-refractivity contribution is -0.384. The van der Waals surface area contributed by atoms with Crippen LogP contribution in [0.15, 0.2) is 6.33 Å². The number of rotatable bonds is 5. The fourth-order valence-corrected chi connectivity index (χ4v) is 1.68. The largest absolute Gasteiger partial charge is 0.405 e. The highest BCUT2D eigenvalue weighted by Crippen LogP contribution is 2.32. The lowest BCUT2D eigenvalue weighted by Crippen LogP contribution is -2.36. The first-order chi connectivity index (χ1) is 8.76. The van der Waals surface area contributed by atoms with E-state index in [-0.39, 0.29) is 6.54 Å². The third kappa shape index (κ3) is 4.19.